The number of nitrogens with zero attached hydrogens (tertiary/aromatic N) is 1. The van der Waals surface area contributed by atoms with E-state index in [-0.39, 0.29) is 57.9 Å². The van der Waals surface area contributed by atoms with Gasteiger partial charge in [-0.25, -0.2) is 0 Å². The summed E-state index contributed by atoms with van der Waals surface area (Å²) in [5.41, 5.74) is 0.460. The van der Waals surface area contributed by atoms with Gasteiger partial charge in [0.1, 0.15) is 48.0 Å². The number of carbonyl (C=O) groups is 4. The van der Waals surface area contributed by atoms with E-state index < -0.39 is 71.3 Å². The van der Waals surface area contributed by atoms with Gasteiger partial charge in [0.05, 0.1) is 19.2 Å². The SMILES string of the molecule is CC(C)(C)OC(=O)CCC(CO)NC(=O)CCNC(=O)C12CC3OC(=O)C1N(Cc1ccccc1C=CCc1ccccc1O)OC2C1OCOC31. The Bertz CT molecular complexity index is 1680. The topological polar surface area (TPSA) is 182 Å². The molecule has 3 aliphatic heterocycles. The van der Waals surface area contributed by atoms with Crippen LogP contribution in [0.5, 0.6) is 5.75 Å². The minimum absolute atomic E-state index is 0.0194. The van der Waals surface area contributed by atoms with Crippen LogP contribution < -0.4 is 10.6 Å². The predicted molar refractivity (Wildman–Crippen MR) is 185 cm³/mol. The van der Waals surface area contributed by atoms with Crippen molar-refractivity contribution in [3.05, 3.63) is 71.3 Å². The van der Waals surface area contributed by atoms with Crippen molar-refractivity contribution in [3.8, 4) is 5.75 Å². The van der Waals surface area contributed by atoms with Crippen molar-refractivity contribution in [2.24, 2.45) is 5.41 Å². The Morgan fingerprint density at radius 1 is 1.06 bits per heavy atom. The van der Waals surface area contributed by atoms with E-state index in [4.69, 9.17) is 23.8 Å². The molecular weight excluding hydrogens is 674 g/mol. The van der Waals surface area contributed by atoms with E-state index in [1.54, 1.807) is 32.9 Å². The highest BCUT2D eigenvalue weighted by Crippen LogP contribution is 2.55. The summed E-state index contributed by atoms with van der Waals surface area (Å²) in [5.74, 6) is -1.71. The molecule has 2 aromatic rings. The Morgan fingerprint density at radius 2 is 1.79 bits per heavy atom. The number of allylic oxidation sites excluding steroid dienone is 1. The van der Waals surface area contributed by atoms with E-state index in [1.807, 2.05) is 48.6 Å². The molecule has 14 heteroatoms. The third-order valence-electron chi connectivity index (χ3n) is 9.84. The molecule has 0 spiro atoms. The third-order valence-corrected chi connectivity index (χ3v) is 9.84. The van der Waals surface area contributed by atoms with Gasteiger partial charge in [0.15, 0.2) is 6.04 Å². The number of rotatable bonds is 14. The van der Waals surface area contributed by atoms with Crippen LogP contribution in [0.3, 0.4) is 0 Å². The fourth-order valence-electron chi connectivity index (χ4n) is 7.49. The van der Waals surface area contributed by atoms with Crippen LogP contribution in [0.4, 0.5) is 0 Å². The number of hydrogen-bond donors (Lipinski definition) is 4. The first kappa shape index (κ1) is 37.4. The third kappa shape index (κ3) is 8.01. The fraction of sp³-hybridized carbons (Fsp3) is 0.526. The molecule has 4 aliphatic rings. The maximum absolute atomic E-state index is 14.3. The molecule has 0 aromatic heterocycles. The van der Waals surface area contributed by atoms with Gasteiger partial charge in [-0.1, -0.05) is 54.6 Å². The van der Waals surface area contributed by atoms with Gasteiger partial charge in [-0.2, -0.15) is 5.06 Å². The summed E-state index contributed by atoms with van der Waals surface area (Å²) in [5, 5.41) is 27.0. The van der Waals surface area contributed by atoms with Crippen LogP contribution in [0.2, 0.25) is 0 Å². The lowest BCUT2D eigenvalue weighted by Crippen LogP contribution is -2.69. The van der Waals surface area contributed by atoms with Gasteiger partial charge in [-0.15, -0.1) is 0 Å². The molecule has 3 heterocycles. The minimum Gasteiger partial charge on any atom is -0.508 e. The number of nitrogens with one attached hydrogen (secondary N) is 2. The Balaban J connectivity index is 1.14. The molecule has 2 bridgehead atoms. The number of benzene rings is 2. The molecule has 7 atom stereocenters. The maximum atomic E-state index is 14.3. The Hall–Kier alpha value is -4.34. The first-order valence-electron chi connectivity index (χ1n) is 17.7. The second-order valence-electron chi connectivity index (χ2n) is 14.6. The quantitative estimate of drug-likeness (QED) is 0.209. The number of amides is 2. The molecule has 4 fully saturated rings. The average molecular weight is 722 g/mol. The number of phenols is 1. The number of carbonyl (C=O) groups excluding carboxylic acids is 4. The smallest absolute Gasteiger partial charge is 0.327 e. The van der Waals surface area contributed by atoms with Crippen LogP contribution in [0.1, 0.15) is 63.1 Å². The number of ether oxygens (including phenoxy) is 4. The fourth-order valence-corrected chi connectivity index (χ4v) is 7.49. The van der Waals surface area contributed by atoms with Gasteiger partial charge in [-0.3, -0.25) is 24.0 Å². The molecule has 2 aromatic carbocycles. The van der Waals surface area contributed by atoms with Crippen molar-refractivity contribution in [1.82, 2.24) is 15.7 Å². The molecule has 6 rings (SSSR count). The van der Waals surface area contributed by atoms with E-state index in [2.05, 4.69) is 10.6 Å². The molecule has 0 radical (unpaired) electrons. The van der Waals surface area contributed by atoms with E-state index in [1.165, 1.54) is 5.06 Å². The first-order chi connectivity index (χ1) is 24.9. The molecule has 4 N–H and O–H groups in total. The Kier molecular flexibility index (Phi) is 11.3. The van der Waals surface area contributed by atoms with Crippen molar-refractivity contribution in [3.63, 3.8) is 0 Å². The monoisotopic (exact) mass is 721 g/mol. The molecule has 7 unspecified atom stereocenters. The number of hydrogen-bond acceptors (Lipinski definition) is 12. The summed E-state index contributed by atoms with van der Waals surface area (Å²) < 4.78 is 22.9. The van der Waals surface area contributed by atoms with Crippen molar-refractivity contribution < 1.29 is 53.2 Å². The highest BCUT2D eigenvalue weighted by atomic mass is 16.8. The lowest BCUT2D eigenvalue weighted by atomic mass is 9.62. The lowest BCUT2D eigenvalue weighted by molar-refractivity contribution is -0.201. The number of esters is 2. The molecule has 1 saturated carbocycles. The highest BCUT2D eigenvalue weighted by Gasteiger charge is 2.74. The largest absolute Gasteiger partial charge is 0.508 e. The van der Waals surface area contributed by atoms with Gasteiger partial charge in [0, 0.05) is 25.8 Å². The van der Waals surface area contributed by atoms with E-state index in [9.17, 15) is 29.4 Å². The van der Waals surface area contributed by atoms with Crippen LogP contribution in [-0.4, -0.2) is 101 Å². The summed E-state index contributed by atoms with van der Waals surface area (Å²) in [4.78, 5) is 59.4. The normalized spacial score (nSPS) is 27.2. The van der Waals surface area contributed by atoms with Crippen LogP contribution in [0.25, 0.3) is 6.08 Å². The van der Waals surface area contributed by atoms with Gasteiger partial charge < -0.3 is 39.8 Å². The number of aromatic hydroxyl groups is 1. The van der Waals surface area contributed by atoms with Crippen molar-refractivity contribution in [2.75, 3.05) is 19.9 Å². The summed E-state index contributed by atoms with van der Waals surface area (Å²) in [6.07, 6.45) is 1.80. The summed E-state index contributed by atoms with van der Waals surface area (Å²) in [7, 11) is 0. The summed E-state index contributed by atoms with van der Waals surface area (Å²) in [6, 6.07) is 13.0. The zero-order valence-corrected chi connectivity index (χ0v) is 29.6. The summed E-state index contributed by atoms with van der Waals surface area (Å²) in [6.45, 7) is 4.98. The minimum atomic E-state index is -1.39. The maximum Gasteiger partial charge on any atom is 0.327 e. The van der Waals surface area contributed by atoms with Crippen LogP contribution in [0, 0.1) is 5.41 Å². The summed E-state index contributed by atoms with van der Waals surface area (Å²) >= 11 is 0. The number of hydroxylamine groups is 2. The molecule has 280 valence electrons. The lowest BCUT2D eigenvalue weighted by Gasteiger charge is -2.48. The van der Waals surface area contributed by atoms with Gasteiger partial charge in [-0.05, 0) is 56.4 Å². The van der Waals surface area contributed by atoms with E-state index in [0.29, 0.717) is 6.42 Å². The highest BCUT2D eigenvalue weighted by molar-refractivity contribution is 5.94. The number of aliphatic hydroxyl groups excluding tert-OH is 1. The van der Waals surface area contributed by atoms with E-state index >= 15 is 0 Å². The molecule has 14 nitrogen and oxygen atoms in total. The second-order valence-corrected chi connectivity index (χ2v) is 14.6. The van der Waals surface area contributed by atoms with Gasteiger partial charge in [0.2, 0.25) is 11.8 Å². The molecule has 1 aliphatic carbocycles. The molecule has 52 heavy (non-hydrogen) atoms. The molecule has 3 saturated heterocycles. The van der Waals surface area contributed by atoms with Crippen LogP contribution >= 0.6 is 0 Å². The standard InChI is InChI=1S/C38H47N3O11/c1-37(2,3)51-30(45)16-15-26(21-42)40-29(44)17-18-39-36(47)38-19-28-31-32(49-22-48-31)34(38)52-41(33(38)35(46)50-28)20-25-11-5-4-9-23(25)12-8-13-24-10-6-7-14-27(24)43/h4-12,14,26,28,31-34,42-43H,13,15-22H2,1-3H3,(H,39,47)(H,40,44). The van der Waals surface area contributed by atoms with E-state index in [0.717, 1.165) is 16.7 Å². The van der Waals surface area contributed by atoms with Crippen LogP contribution in [0.15, 0.2) is 54.6 Å². The Labute approximate surface area is 302 Å². The predicted octanol–water partition coefficient (Wildman–Crippen LogP) is 2.29. The number of phenolic OH excluding ortho intramolecular Hbond substituents is 1. The zero-order chi connectivity index (χ0) is 37.0. The second kappa shape index (κ2) is 15.7. The number of fused-ring (bicyclic) bond motifs is 4. The first-order valence-corrected chi connectivity index (χ1v) is 17.7. The van der Waals surface area contributed by atoms with Crippen molar-refractivity contribution in [1.29, 1.82) is 0 Å². The van der Waals surface area contributed by atoms with Crippen LogP contribution in [-0.2, 0) is 55.9 Å². The molecular formula is C38H47N3O11. The molecule has 2 amide bonds. The van der Waals surface area contributed by atoms with Gasteiger partial charge in [0.25, 0.3) is 0 Å². The number of para-hydroxylation sites is 1. The van der Waals surface area contributed by atoms with Crippen molar-refractivity contribution >= 4 is 29.8 Å². The Morgan fingerprint density at radius 3 is 2.54 bits per heavy atom. The zero-order valence-electron chi connectivity index (χ0n) is 29.6. The van der Waals surface area contributed by atoms with Crippen molar-refractivity contribution in [2.45, 2.75) is 102 Å². The number of aliphatic hydroxyl groups is 1. The average Bonchev–Trinajstić information content (AvgIpc) is 3.72. The van der Waals surface area contributed by atoms with Gasteiger partial charge >= 0.3 is 11.9 Å².